The molecule has 3 nitrogen and oxygen atoms in total. The second-order valence-electron chi connectivity index (χ2n) is 5.37. The van der Waals surface area contributed by atoms with Crippen LogP contribution in [0, 0.1) is 5.92 Å². The molecule has 0 bridgehead atoms. The average molecular weight is 266 g/mol. The summed E-state index contributed by atoms with van der Waals surface area (Å²) < 4.78 is 0. The molecule has 1 aromatic carbocycles. The van der Waals surface area contributed by atoms with Gasteiger partial charge in [0.2, 0.25) is 0 Å². The summed E-state index contributed by atoms with van der Waals surface area (Å²) in [4.78, 5) is 13.9. The molecule has 1 saturated carbocycles. The molecule has 0 spiro atoms. The molecule has 2 fully saturated rings. The van der Waals surface area contributed by atoms with Crippen LogP contribution in [-0.4, -0.2) is 34.6 Å². The van der Waals surface area contributed by atoms with Crippen LogP contribution >= 0.6 is 11.6 Å². The molecule has 0 unspecified atom stereocenters. The average Bonchev–Trinajstić information content (AvgIpc) is 3.18. The Morgan fingerprint density at radius 2 is 2.17 bits per heavy atom. The van der Waals surface area contributed by atoms with Crippen molar-refractivity contribution < 1.29 is 9.90 Å². The summed E-state index contributed by atoms with van der Waals surface area (Å²) in [6.45, 7) is 0.948. The Morgan fingerprint density at radius 1 is 1.44 bits per heavy atom. The fourth-order valence-corrected chi connectivity index (χ4v) is 2.77. The monoisotopic (exact) mass is 265 g/mol. The zero-order valence-electron chi connectivity index (χ0n) is 10.1. The van der Waals surface area contributed by atoms with Gasteiger partial charge in [-0.25, -0.2) is 0 Å². The van der Waals surface area contributed by atoms with Gasteiger partial charge in [0.05, 0.1) is 13.1 Å². The SMILES string of the molecule is O=C(c1cccc(CCl)c1)N1CC(O)(C2CC2)C1. The normalized spacial score (nSPS) is 21.6. The molecule has 1 heterocycles. The molecule has 1 aliphatic heterocycles. The molecule has 1 amide bonds. The Balaban J connectivity index is 1.68. The van der Waals surface area contributed by atoms with Gasteiger partial charge in [-0.3, -0.25) is 4.79 Å². The van der Waals surface area contributed by atoms with Crippen molar-refractivity contribution in [2.24, 2.45) is 5.92 Å². The summed E-state index contributed by atoms with van der Waals surface area (Å²) in [6.07, 6.45) is 2.19. The Bertz CT molecular complexity index is 478. The number of rotatable bonds is 3. The first-order valence-electron chi connectivity index (χ1n) is 6.29. The number of nitrogens with zero attached hydrogens (tertiary/aromatic N) is 1. The van der Waals surface area contributed by atoms with Crippen LogP contribution in [0.15, 0.2) is 24.3 Å². The lowest BCUT2D eigenvalue weighted by molar-refractivity contribution is -0.0958. The summed E-state index contributed by atoms with van der Waals surface area (Å²) in [5.41, 5.74) is 0.992. The molecule has 3 rings (SSSR count). The van der Waals surface area contributed by atoms with Gasteiger partial charge in [-0.05, 0) is 36.5 Å². The van der Waals surface area contributed by atoms with E-state index in [-0.39, 0.29) is 5.91 Å². The summed E-state index contributed by atoms with van der Waals surface area (Å²) >= 11 is 5.76. The molecule has 4 heteroatoms. The van der Waals surface area contributed by atoms with E-state index >= 15 is 0 Å². The summed E-state index contributed by atoms with van der Waals surface area (Å²) in [5.74, 6) is 0.815. The van der Waals surface area contributed by atoms with E-state index < -0.39 is 5.60 Å². The highest BCUT2D eigenvalue weighted by atomic mass is 35.5. The van der Waals surface area contributed by atoms with E-state index in [1.165, 1.54) is 0 Å². The Kier molecular flexibility index (Phi) is 2.83. The number of aliphatic hydroxyl groups is 1. The third-order valence-corrected chi connectivity index (χ3v) is 4.19. The predicted molar refractivity (Wildman–Crippen MR) is 69.6 cm³/mol. The fraction of sp³-hybridized carbons (Fsp3) is 0.500. The number of β-amino-alcohol motifs (C(OH)–C–C–N with tert-alkyl or cyclic N) is 1. The van der Waals surface area contributed by atoms with Crippen molar-refractivity contribution in [1.82, 2.24) is 4.90 Å². The maximum absolute atomic E-state index is 12.2. The third-order valence-electron chi connectivity index (χ3n) is 3.88. The van der Waals surface area contributed by atoms with Gasteiger partial charge < -0.3 is 10.0 Å². The van der Waals surface area contributed by atoms with Crippen LogP contribution in [0.3, 0.4) is 0 Å². The van der Waals surface area contributed by atoms with Crippen molar-refractivity contribution in [3.8, 4) is 0 Å². The number of benzene rings is 1. The zero-order valence-corrected chi connectivity index (χ0v) is 10.9. The highest BCUT2D eigenvalue weighted by Gasteiger charge is 2.53. The maximum atomic E-state index is 12.2. The number of amides is 1. The molecule has 0 atom stereocenters. The number of alkyl halides is 1. The Hall–Kier alpha value is -1.06. The summed E-state index contributed by atoms with van der Waals surface area (Å²) in [5, 5.41) is 10.2. The first-order valence-corrected chi connectivity index (χ1v) is 6.82. The van der Waals surface area contributed by atoms with Crippen LogP contribution in [0.5, 0.6) is 0 Å². The number of halogens is 1. The second-order valence-corrected chi connectivity index (χ2v) is 5.64. The van der Waals surface area contributed by atoms with E-state index in [1.807, 2.05) is 18.2 Å². The topological polar surface area (TPSA) is 40.5 Å². The van der Waals surface area contributed by atoms with E-state index in [1.54, 1.807) is 11.0 Å². The van der Waals surface area contributed by atoms with Crippen molar-refractivity contribution in [2.45, 2.75) is 24.3 Å². The number of likely N-dealkylation sites (tertiary alicyclic amines) is 1. The second kappa shape index (κ2) is 4.25. The van der Waals surface area contributed by atoms with Gasteiger partial charge in [-0.15, -0.1) is 11.6 Å². The van der Waals surface area contributed by atoms with E-state index in [4.69, 9.17) is 11.6 Å². The minimum Gasteiger partial charge on any atom is -0.386 e. The number of carbonyl (C=O) groups excluding carboxylic acids is 1. The maximum Gasteiger partial charge on any atom is 0.254 e. The molecular weight excluding hydrogens is 250 g/mol. The number of hydrogen-bond acceptors (Lipinski definition) is 2. The van der Waals surface area contributed by atoms with Crippen LogP contribution < -0.4 is 0 Å². The van der Waals surface area contributed by atoms with E-state index in [9.17, 15) is 9.90 Å². The van der Waals surface area contributed by atoms with Crippen molar-refractivity contribution in [2.75, 3.05) is 13.1 Å². The fourth-order valence-electron chi connectivity index (χ4n) is 2.61. The minimum atomic E-state index is -0.611. The van der Waals surface area contributed by atoms with Crippen molar-refractivity contribution in [3.05, 3.63) is 35.4 Å². The molecule has 96 valence electrons. The van der Waals surface area contributed by atoms with Gasteiger partial charge in [-0.2, -0.15) is 0 Å². The zero-order chi connectivity index (χ0) is 12.8. The number of hydrogen-bond donors (Lipinski definition) is 1. The van der Waals surface area contributed by atoms with Crippen LogP contribution in [0.25, 0.3) is 0 Å². The van der Waals surface area contributed by atoms with Gasteiger partial charge >= 0.3 is 0 Å². The first-order chi connectivity index (χ1) is 8.62. The smallest absolute Gasteiger partial charge is 0.254 e. The number of carbonyl (C=O) groups is 1. The molecule has 18 heavy (non-hydrogen) atoms. The standard InChI is InChI=1S/C14H16ClNO2/c15-7-10-2-1-3-11(6-10)13(17)16-8-14(18,9-16)12-4-5-12/h1-3,6,12,18H,4-5,7-9H2. The highest BCUT2D eigenvalue weighted by molar-refractivity contribution is 6.17. The minimum absolute atomic E-state index is 0.00714. The molecule has 0 radical (unpaired) electrons. The third kappa shape index (κ3) is 2.02. The van der Waals surface area contributed by atoms with Gasteiger partial charge in [0.25, 0.3) is 5.91 Å². The van der Waals surface area contributed by atoms with Gasteiger partial charge in [0.1, 0.15) is 5.60 Å². The predicted octanol–water partition coefficient (Wildman–Crippen LogP) is 2.02. The largest absolute Gasteiger partial charge is 0.386 e. The molecule has 2 aliphatic rings. The van der Waals surface area contributed by atoms with Crippen molar-refractivity contribution in [3.63, 3.8) is 0 Å². The van der Waals surface area contributed by atoms with Gasteiger partial charge in [-0.1, -0.05) is 12.1 Å². The molecule has 1 aromatic rings. The molecular formula is C14H16ClNO2. The quantitative estimate of drug-likeness (QED) is 0.850. The lowest BCUT2D eigenvalue weighted by Gasteiger charge is -2.47. The Labute approximate surface area is 111 Å². The molecule has 1 aliphatic carbocycles. The lowest BCUT2D eigenvalue weighted by Crippen LogP contribution is -2.64. The van der Waals surface area contributed by atoms with Crippen LogP contribution in [0.2, 0.25) is 0 Å². The molecule has 1 saturated heterocycles. The van der Waals surface area contributed by atoms with Gasteiger partial charge in [0.15, 0.2) is 0 Å². The van der Waals surface area contributed by atoms with Gasteiger partial charge in [0, 0.05) is 11.4 Å². The Morgan fingerprint density at radius 3 is 2.78 bits per heavy atom. The van der Waals surface area contributed by atoms with E-state index in [2.05, 4.69) is 0 Å². The van der Waals surface area contributed by atoms with Crippen LogP contribution in [0.1, 0.15) is 28.8 Å². The molecule has 1 N–H and O–H groups in total. The lowest BCUT2D eigenvalue weighted by atomic mass is 9.88. The molecule has 0 aromatic heterocycles. The van der Waals surface area contributed by atoms with E-state index in [0.717, 1.165) is 18.4 Å². The summed E-state index contributed by atoms with van der Waals surface area (Å²) in [6, 6.07) is 7.37. The van der Waals surface area contributed by atoms with Crippen LogP contribution in [0.4, 0.5) is 0 Å². The van der Waals surface area contributed by atoms with Crippen LogP contribution in [-0.2, 0) is 5.88 Å². The highest BCUT2D eigenvalue weighted by Crippen LogP contribution is 2.44. The van der Waals surface area contributed by atoms with Crippen molar-refractivity contribution >= 4 is 17.5 Å². The van der Waals surface area contributed by atoms with Crippen molar-refractivity contribution in [1.29, 1.82) is 0 Å². The first kappa shape index (κ1) is 12.0. The summed E-state index contributed by atoms with van der Waals surface area (Å²) in [7, 11) is 0. The van der Waals surface area contributed by atoms with E-state index in [0.29, 0.717) is 30.5 Å².